The van der Waals surface area contributed by atoms with Crippen molar-refractivity contribution in [2.24, 2.45) is 0 Å². The fourth-order valence-electron chi connectivity index (χ4n) is 4.45. The highest BCUT2D eigenvalue weighted by atomic mass is 31.1. The molecule has 2 heterocycles. The van der Waals surface area contributed by atoms with Gasteiger partial charge in [-0.1, -0.05) is 45.5 Å². The van der Waals surface area contributed by atoms with Crippen molar-refractivity contribution in [3.8, 4) is 0 Å². The van der Waals surface area contributed by atoms with Crippen LogP contribution in [0.4, 0.5) is 11.4 Å². The average Bonchev–Trinajstić information content (AvgIpc) is 3.34. The fourth-order valence-corrected chi connectivity index (χ4v) is 5.43. The van der Waals surface area contributed by atoms with Gasteiger partial charge in [0.25, 0.3) is 0 Å². The highest BCUT2D eigenvalue weighted by Crippen LogP contribution is 2.29. The summed E-state index contributed by atoms with van der Waals surface area (Å²) in [7, 11) is 0.269. The van der Waals surface area contributed by atoms with Crippen LogP contribution in [0.1, 0.15) is 24.0 Å². The summed E-state index contributed by atoms with van der Waals surface area (Å²) < 4.78 is 0. The molecule has 0 bridgehead atoms. The molecule has 4 N–H and O–H groups in total. The van der Waals surface area contributed by atoms with E-state index in [-0.39, 0.29) is 20.5 Å². The molecule has 2 atom stereocenters. The number of carbonyl (C=O) groups is 2. The summed E-state index contributed by atoms with van der Waals surface area (Å²) in [6.07, 6.45) is 6.59. The van der Waals surface area contributed by atoms with Crippen LogP contribution in [-0.4, -0.2) is 47.2 Å². The minimum Gasteiger partial charge on any atom is -0.478 e. The monoisotopic (exact) mass is 504 g/mol. The van der Waals surface area contributed by atoms with E-state index in [4.69, 9.17) is 5.11 Å². The quantitative estimate of drug-likeness (QED) is 0.352. The number of aliphatic carboxylic acids is 1. The van der Waals surface area contributed by atoms with Crippen LogP contribution in [0.25, 0.3) is 0 Å². The summed E-state index contributed by atoms with van der Waals surface area (Å²) in [5, 5.41) is 19.5. The number of carboxylic acids is 1. The molecule has 4 rings (SSSR count). The number of carboxylic acid groups (broad SMARTS) is 1. The maximum absolute atomic E-state index is 13.1. The summed E-state index contributed by atoms with van der Waals surface area (Å²) in [6.45, 7) is 7.57. The summed E-state index contributed by atoms with van der Waals surface area (Å²) >= 11 is 0. The predicted octanol–water partition coefficient (Wildman–Crippen LogP) is 4.66. The second kappa shape index (κ2) is 11.9. The molecule has 2 aromatic rings. The maximum Gasteiger partial charge on any atom is 0.335 e. The standard InChI is InChI=1S/C28H33N4O3P/c1-19-6-3-4-8-25(19)31-20(2)30-22-11-9-21(10-12-22)16-27(33)32-15-5-7-24(32)17-29-23-13-14-26(28(34)35)36-18-23/h3-4,6,8-14,24,29-31,36H,2,5,7,15-18H2,1H3,(H,34,35). The Hall–Kier alpha value is -3.57. The normalized spacial score (nSPS) is 17.8. The van der Waals surface area contributed by atoms with Crippen molar-refractivity contribution in [1.29, 1.82) is 0 Å². The predicted molar refractivity (Wildman–Crippen MR) is 147 cm³/mol. The van der Waals surface area contributed by atoms with E-state index < -0.39 is 5.97 Å². The Bertz CT molecular complexity index is 1190. The van der Waals surface area contributed by atoms with Crippen LogP contribution in [0.15, 0.2) is 84.1 Å². The first kappa shape index (κ1) is 25.5. The van der Waals surface area contributed by atoms with E-state index in [1.54, 1.807) is 6.08 Å². The van der Waals surface area contributed by atoms with Crippen molar-refractivity contribution in [2.75, 3.05) is 29.9 Å². The highest BCUT2D eigenvalue weighted by Gasteiger charge is 2.28. The van der Waals surface area contributed by atoms with E-state index in [1.165, 1.54) is 0 Å². The second-order valence-corrected chi connectivity index (χ2v) is 10.4. The Kier molecular flexibility index (Phi) is 8.44. The molecule has 2 aromatic carbocycles. The van der Waals surface area contributed by atoms with Crippen molar-refractivity contribution in [3.05, 3.63) is 95.2 Å². The molecule has 0 aliphatic carbocycles. The van der Waals surface area contributed by atoms with Crippen molar-refractivity contribution < 1.29 is 14.7 Å². The second-order valence-electron chi connectivity index (χ2n) is 9.11. The van der Waals surface area contributed by atoms with Crippen LogP contribution in [0, 0.1) is 6.92 Å². The number of aryl methyl sites for hydroxylation is 1. The van der Waals surface area contributed by atoms with Crippen LogP contribution >= 0.6 is 8.58 Å². The molecule has 7 nitrogen and oxygen atoms in total. The van der Waals surface area contributed by atoms with Gasteiger partial charge in [0.1, 0.15) is 5.82 Å². The summed E-state index contributed by atoms with van der Waals surface area (Å²) in [5.41, 5.74) is 5.07. The van der Waals surface area contributed by atoms with Crippen LogP contribution in [0.2, 0.25) is 0 Å². The van der Waals surface area contributed by atoms with Gasteiger partial charge in [-0.2, -0.15) is 0 Å². The minimum atomic E-state index is -0.844. The summed E-state index contributed by atoms with van der Waals surface area (Å²) in [5.74, 6) is -0.0223. The lowest BCUT2D eigenvalue weighted by Gasteiger charge is -2.26. The van der Waals surface area contributed by atoms with Crippen molar-refractivity contribution in [1.82, 2.24) is 10.2 Å². The number of benzene rings is 2. The van der Waals surface area contributed by atoms with Gasteiger partial charge >= 0.3 is 5.97 Å². The zero-order valence-electron chi connectivity index (χ0n) is 20.5. The Morgan fingerprint density at radius 2 is 1.89 bits per heavy atom. The Balaban J connectivity index is 1.27. The van der Waals surface area contributed by atoms with E-state index in [1.807, 2.05) is 66.4 Å². The molecule has 1 amide bonds. The molecular formula is C28H33N4O3P. The van der Waals surface area contributed by atoms with Gasteiger partial charge < -0.3 is 26.0 Å². The van der Waals surface area contributed by atoms with Gasteiger partial charge in [-0.3, -0.25) is 4.79 Å². The van der Waals surface area contributed by atoms with Crippen molar-refractivity contribution in [3.63, 3.8) is 0 Å². The number of nitrogens with one attached hydrogen (secondary N) is 3. The van der Waals surface area contributed by atoms with Gasteiger partial charge in [0.15, 0.2) is 0 Å². The number of amides is 1. The van der Waals surface area contributed by atoms with Crippen molar-refractivity contribution in [2.45, 2.75) is 32.2 Å². The van der Waals surface area contributed by atoms with E-state index >= 15 is 0 Å². The summed E-state index contributed by atoms with van der Waals surface area (Å²) in [4.78, 5) is 26.1. The molecule has 2 aliphatic rings. The van der Waals surface area contributed by atoms with Crippen molar-refractivity contribution >= 4 is 31.8 Å². The molecule has 188 valence electrons. The molecule has 8 heteroatoms. The van der Waals surface area contributed by atoms with Crippen LogP contribution in [0.5, 0.6) is 0 Å². The van der Waals surface area contributed by atoms with E-state index in [2.05, 4.69) is 22.5 Å². The van der Waals surface area contributed by atoms with Crippen LogP contribution in [0.3, 0.4) is 0 Å². The third-order valence-electron chi connectivity index (χ3n) is 6.45. The smallest absolute Gasteiger partial charge is 0.335 e. The molecular weight excluding hydrogens is 471 g/mol. The van der Waals surface area contributed by atoms with Gasteiger partial charge in [0.2, 0.25) is 5.91 Å². The lowest BCUT2D eigenvalue weighted by Crippen LogP contribution is -2.42. The number of carbonyl (C=O) groups excluding carboxylic acids is 1. The molecule has 0 aromatic heterocycles. The van der Waals surface area contributed by atoms with E-state index in [9.17, 15) is 9.59 Å². The number of anilines is 2. The zero-order valence-corrected chi connectivity index (χ0v) is 21.5. The molecule has 0 radical (unpaired) electrons. The van der Waals surface area contributed by atoms with Gasteiger partial charge in [0.05, 0.1) is 11.7 Å². The lowest BCUT2D eigenvalue weighted by atomic mass is 10.1. The minimum absolute atomic E-state index is 0.137. The summed E-state index contributed by atoms with van der Waals surface area (Å²) in [6, 6.07) is 16.1. The Morgan fingerprint density at radius 1 is 1.11 bits per heavy atom. The Labute approximate surface area is 214 Å². The number of hydrogen-bond donors (Lipinski definition) is 4. The van der Waals surface area contributed by atoms with Crippen LogP contribution in [-0.2, 0) is 16.0 Å². The highest BCUT2D eigenvalue weighted by molar-refractivity contribution is 7.45. The number of nitrogens with zero attached hydrogens (tertiary/aromatic N) is 1. The average molecular weight is 505 g/mol. The SMILES string of the molecule is C=C(Nc1ccc(CC(=O)N2CCCC2CNC2=CC=C(C(=O)O)PC2)cc1)Nc1ccccc1C. The lowest BCUT2D eigenvalue weighted by molar-refractivity contribution is -0.132. The first-order valence-electron chi connectivity index (χ1n) is 12.2. The van der Waals surface area contributed by atoms with Gasteiger partial charge in [0, 0.05) is 42.4 Å². The number of hydrogen-bond acceptors (Lipinski definition) is 5. The maximum atomic E-state index is 13.1. The molecule has 0 saturated carbocycles. The first-order valence-corrected chi connectivity index (χ1v) is 13.4. The third-order valence-corrected chi connectivity index (χ3v) is 7.77. The molecule has 2 unspecified atom stereocenters. The number of likely N-dealkylation sites (tertiary alicyclic amines) is 1. The van der Waals surface area contributed by atoms with Crippen LogP contribution < -0.4 is 16.0 Å². The first-order chi connectivity index (χ1) is 17.4. The zero-order chi connectivity index (χ0) is 25.5. The number of allylic oxidation sites excluding steroid dienone is 3. The molecule has 36 heavy (non-hydrogen) atoms. The molecule has 1 fully saturated rings. The molecule has 0 spiro atoms. The van der Waals surface area contributed by atoms with E-state index in [0.29, 0.717) is 30.3 Å². The van der Waals surface area contributed by atoms with Gasteiger partial charge in [-0.05, 0) is 61.2 Å². The molecule has 2 aliphatic heterocycles. The van der Waals surface area contributed by atoms with E-state index in [0.717, 1.165) is 47.6 Å². The largest absolute Gasteiger partial charge is 0.478 e. The Morgan fingerprint density at radius 3 is 2.58 bits per heavy atom. The third kappa shape index (κ3) is 6.76. The fraction of sp³-hybridized carbons (Fsp3) is 0.286. The topological polar surface area (TPSA) is 93.7 Å². The number of para-hydroxylation sites is 1. The molecule has 1 saturated heterocycles. The van der Waals surface area contributed by atoms with Gasteiger partial charge in [-0.25, -0.2) is 4.79 Å². The number of rotatable bonds is 10. The van der Waals surface area contributed by atoms with Gasteiger partial charge in [-0.15, -0.1) is 0 Å².